The molecule has 0 amide bonds. The van der Waals surface area contributed by atoms with Crippen molar-refractivity contribution in [1.82, 2.24) is 9.97 Å². The Kier molecular flexibility index (Phi) is 4.07. The Balaban J connectivity index is 1.96. The molecule has 1 atom stereocenters. The number of aliphatic imine (C=N–C) groups is 1. The molecule has 7 nitrogen and oxygen atoms in total. The van der Waals surface area contributed by atoms with E-state index in [1.807, 2.05) is 0 Å². The molecule has 3 rings (SSSR count). The van der Waals surface area contributed by atoms with Gasteiger partial charge in [-0.2, -0.15) is 0 Å². The van der Waals surface area contributed by atoms with E-state index < -0.39 is 6.29 Å². The van der Waals surface area contributed by atoms with Gasteiger partial charge in [0, 0.05) is 12.8 Å². The Labute approximate surface area is 132 Å². The van der Waals surface area contributed by atoms with E-state index in [9.17, 15) is 4.39 Å². The number of benzene rings is 1. The van der Waals surface area contributed by atoms with Gasteiger partial charge in [-0.1, -0.05) is 0 Å². The number of nitrogens with two attached hydrogens (primary N) is 1. The van der Waals surface area contributed by atoms with Crippen LogP contribution in [0.4, 0.5) is 15.9 Å². The van der Waals surface area contributed by atoms with Crippen LogP contribution >= 0.6 is 0 Å². The van der Waals surface area contributed by atoms with Crippen molar-refractivity contribution < 1.29 is 13.9 Å². The molecule has 0 saturated heterocycles. The minimum atomic E-state index is -0.461. The van der Waals surface area contributed by atoms with Crippen LogP contribution < -0.4 is 15.4 Å². The first-order valence-corrected chi connectivity index (χ1v) is 6.98. The highest BCUT2D eigenvalue weighted by Gasteiger charge is 2.24. The molecular weight excluding hydrogens is 301 g/mol. The van der Waals surface area contributed by atoms with Crippen LogP contribution in [0.1, 0.15) is 12.6 Å². The van der Waals surface area contributed by atoms with Crippen LogP contribution in [-0.4, -0.2) is 35.9 Å². The molecule has 1 aromatic carbocycles. The number of nitrogens with zero attached hydrogens (tertiary/aromatic N) is 4. The smallest absolute Gasteiger partial charge is 0.235 e. The molecule has 1 aromatic heterocycles. The van der Waals surface area contributed by atoms with E-state index >= 15 is 0 Å². The van der Waals surface area contributed by atoms with E-state index in [-0.39, 0.29) is 24.2 Å². The first-order chi connectivity index (χ1) is 11.1. The maximum Gasteiger partial charge on any atom is 0.235 e. The van der Waals surface area contributed by atoms with Crippen LogP contribution in [-0.2, 0) is 4.74 Å². The average Bonchev–Trinajstić information content (AvgIpc) is 2.56. The van der Waals surface area contributed by atoms with Gasteiger partial charge in [0.15, 0.2) is 23.6 Å². The monoisotopic (exact) mass is 317 g/mol. The lowest BCUT2D eigenvalue weighted by Gasteiger charge is -2.27. The molecule has 0 spiro atoms. The van der Waals surface area contributed by atoms with Gasteiger partial charge in [-0.15, -0.1) is 0 Å². The summed E-state index contributed by atoms with van der Waals surface area (Å²) in [4.78, 5) is 14.7. The maximum atomic E-state index is 13.1. The van der Waals surface area contributed by atoms with Crippen molar-refractivity contribution in [1.29, 1.82) is 0 Å². The third-order valence-corrected chi connectivity index (χ3v) is 3.37. The lowest BCUT2D eigenvalue weighted by molar-refractivity contribution is -0.0412. The van der Waals surface area contributed by atoms with E-state index in [1.165, 1.54) is 25.4 Å². The molecule has 1 unspecified atom stereocenters. The fraction of sp³-hybridized carbons (Fsp3) is 0.267. The van der Waals surface area contributed by atoms with Crippen molar-refractivity contribution in [3.63, 3.8) is 0 Å². The lowest BCUT2D eigenvalue weighted by atomic mass is 10.2. The van der Waals surface area contributed by atoms with Crippen molar-refractivity contribution in [2.75, 3.05) is 18.7 Å². The molecule has 1 aliphatic rings. The molecule has 2 heterocycles. The van der Waals surface area contributed by atoms with Gasteiger partial charge < -0.3 is 20.1 Å². The molecule has 0 radical (unpaired) electrons. The van der Waals surface area contributed by atoms with Crippen molar-refractivity contribution in [3.05, 3.63) is 42.0 Å². The third kappa shape index (κ3) is 3.07. The average molecular weight is 317 g/mol. The third-order valence-electron chi connectivity index (χ3n) is 3.37. The summed E-state index contributed by atoms with van der Waals surface area (Å²) in [5, 5.41) is 0. The van der Waals surface area contributed by atoms with Gasteiger partial charge in [0.1, 0.15) is 12.5 Å². The predicted molar refractivity (Wildman–Crippen MR) is 83.3 cm³/mol. The molecule has 23 heavy (non-hydrogen) atoms. The Morgan fingerprint density at radius 2 is 2.04 bits per heavy atom. The fourth-order valence-electron chi connectivity index (χ4n) is 2.12. The number of rotatable bonds is 4. The summed E-state index contributed by atoms with van der Waals surface area (Å²) < 4.78 is 23.6. The van der Waals surface area contributed by atoms with E-state index in [1.54, 1.807) is 24.0 Å². The normalized spacial score (nSPS) is 14.9. The molecule has 120 valence electrons. The largest absolute Gasteiger partial charge is 0.447 e. The molecule has 0 aliphatic carbocycles. The van der Waals surface area contributed by atoms with Crippen LogP contribution in [0.2, 0.25) is 0 Å². The van der Waals surface area contributed by atoms with Crippen molar-refractivity contribution >= 4 is 17.3 Å². The number of hydrogen-bond acceptors (Lipinski definition) is 7. The highest BCUT2D eigenvalue weighted by atomic mass is 19.1. The molecule has 0 bridgehead atoms. The highest BCUT2D eigenvalue weighted by Crippen LogP contribution is 2.29. The van der Waals surface area contributed by atoms with Gasteiger partial charge in [-0.05, 0) is 31.2 Å². The number of ether oxygens (including phenoxy) is 2. The zero-order valence-corrected chi connectivity index (χ0v) is 12.7. The van der Waals surface area contributed by atoms with E-state index in [4.69, 9.17) is 15.2 Å². The summed E-state index contributed by atoms with van der Waals surface area (Å²) in [5.41, 5.74) is 7.08. The van der Waals surface area contributed by atoms with E-state index in [2.05, 4.69) is 15.0 Å². The van der Waals surface area contributed by atoms with Crippen LogP contribution in [0.15, 0.2) is 35.5 Å². The first-order valence-electron chi connectivity index (χ1n) is 6.98. The quantitative estimate of drug-likeness (QED) is 0.866. The second-order valence-electron chi connectivity index (χ2n) is 4.89. The van der Waals surface area contributed by atoms with Crippen molar-refractivity contribution in [2.45, 2.75) is 13.2 Å². The topological polar surface area (TPSA) is 85.9 Å². The zero-order valence-electron chi connectivity index (χ0n) is 12.7. The van der Waals surface area contributed by atoms with E-state index in [0.717, 1.165) is 5.69 Å². The number of anilines is 2. The van der Waals surface area contributed by atoms with Crippen molar-refractivity contribution in [3.8, 4) is 5.88 Å². The summed E-state index contributed by atoms with van der Waals surface area (Å²) in [6.07, 6.45) is 1.03. The van der Waals surface area contributed by atoms with Gasteiger partial charge in [0.25, 0.3) is 0 Å². The van der Waals surface area contributed by atoms with Crippen LogP contribution in [0.5, 0.6) is 5.88 Å². The number of hydrogen-bond donors (Lipinski definition) is 1. The molecule has 1 aliphatic heterocycles. The molecule has 2 aromatic rings. The number of methoxy groups -OCH3 is 1. The Morgan fingerprint density at radius 3 is 2.74 bits per heavy atom. The van der Waals surface area contributed by atoms with Gasteiger partial charge >= 0.3 is 0 Å². The predicted octanol–water partition coefficient (Wildman–Crippen LogP) is 1.80. The number of halogens is 1. The van der Waals surface area contributed by atoms with Gasteiger partial charge in [0.2, 0.25) is 5.88 Å². The van der Waals surface area contributed by atoms with Crippen LogP contribution in [0, 0.1) is 5.82 Å². The molecule has 8 heteroatoms. The van der Waals surface area contributed by atoms with Crippen molar-refractivity contribution in [2.24, 2.45) is 10.7 Å². The minimum Gasteiger partial charge on any atom is -0.447 e. The lowest BCUT2D eigenvalue weighted by Crippen LogP contribution is -2.31. The summed E-state index contributed by atoms with van der Waals surface area (Å²) in [5.74, 6) is 0.803. The van der Waals surface area contributed by atoms with Gasteiger partial charge in [0.05, 0.1) is 6.20 Å². The molecular formula is C15H16FN5O2. The Bertz CT molecular complexity index is 735. The van der Waals surface area contributed by atoms with Gasteiger partial charge in [-0.25, -0.2) is 19.4 Å². The Morgan fingerprint density at radius 1 is 1.30 bits per heavy atom. The maximum absolute atomic E-state index is 13.1. The summed E-state index contributed by atoms with van der Waals surface area (Å²) in [6, 6.07) is 6.05. The number of amidine groups is 1. The standard InChI is InChI=1S/C15H16FN5O2/c1-9(22-2)23-12-7-18-15-13(20-12)14(17)19-8-21(15)11-5-3-10(16)4-6-11/h3-7,9H,8H2,1-2H3,(H2,17,19). The fourth-order valence-corrected chi connectivity index (χ4v) is 2.12. The second kappa shape index (κ2) is 6.17. The molecule has 2 N–H and O–H groups in total. The second-order valence-corrected chi connectivity index (χ2v) is 4.89. The molecule has 0 fully saturated rings. The SMILES string of the molecule is COC(C)Oc1cnc2c(n1)C(N)=NCN2c1ccc(F)cc1. The molecule has 0 saturated carbocycles. The summed E-state index contributed by atoms with van der Waals surface area (Å²) >= 11 is 0. The highest BCUT2D eigenvalue weighted by molar-refractivity contribution is 6.02. The van der Waals surface area contributed by atoms with Crippen LogP contribution in [0.25, 0.3) is 0 Å². The first kappa shape index (κ1) is 15.2. The summed E-state index contributed by atoms with van der Waals surface area (Å²) in [6.45, 7) is 2.03. The number of aromatic nitrogens is 2. The van der Waals surface area contributed by atoms with E-state index in [0.29, 0.717) is 11.5 Å². The van der Waals surface area contributed by atoms with Crippen LogP contribution in [0.3, 0.4) is 0 Å². The van der Waals surface area contributed by atoms with Gasteiger partial charge in [-0.3, -0.25) is 0 Å². The Hall–Kier alpha value is -2.74. The summed E-state index contributed by atoms with van der Waals surface area (Å²) in [7, 11) is 1.53. The zero-order chi connectivity index (χ0) is 16.4. The minimum absolute atomic E-state index is 0.279. The number of fused-ring (bicyclic) bond motifs is 1.